The first-order valence-corrected chi connectivity index (χ1v) is 12.6. The Morgan fingerprint density at radius 1 is 1.06 bits per heavy atom. The molecule has 3 heterocycles. The Labute approximate surface area is 192 Å². The number of carbonyl (C=O) groups is 1. The minimum absolute atomic E-state index is 0.0442. The predicted octanol–water partition coefficient (Wildman–Crippen LogP) is 3.25. The second-order valence-corrected chi connectivity index (χ2v) is 10.6. The first-order chi connectivity index (χ1) is 15.9. The maximum absolute atomic E-state index is 13.5. The molecule has 1 atom stereocenters. The van der Waals surface area contributed by atoms with E-state index in [2.05, 4.69) is 5.16 Å². The number of ether oxygens (including phenoxy) is 2. The van der Waals surface area contributed by atoms with Gasteiger partial charge < -0.3 is 18.9 Å². The van der Waals surface area contributed by atoms with Gasteiger partial charge in [-0.3, -0.25) is 4.79 Å². The van der Waals surface area contributed by atoms with Crippen LogP contribution < -0.4 is 9.47 Å². The summed E-state index contributed by atoms with van der Waals surface area (Å²) in [5.74, 6) is 1.37. The zero-order valence-corrected chi connectivity index (χ0v) is 19.0. The molecular weight excluding hydrogens is 444 g/mol. The molecule has 2 aromatic carbocycles. The van der Waals surface area contributed by atoms with Crippen LogP contribution >= 0.6 is 0 Å². The number of fused-ring (bicyclic) bond motifs is 1. The Morgan fingerprint density at radius 2 is 1.82 bits per heavy atom. The number of sulfone groups is 1. The third-order valence-electron chi connectivity index (χ3n) is 5.94. The molecule has 0 saturated carbocycles. The van der Waals surface area contributed by atoms with Gasteiger partial charge in [0.1, 0.15) is 13.2 Å². The maximum atomic E-state index is 13.5. The van der Waals surface area contributed by atoms with E-state index in [0.717, 1.165) is 11.1 Å². The van der Waals surface area contributed by atoms with E-state index in [4.69, 9.17) is 14.0 Å². The summed E-state index contributed by atoms with van der Waals surface area (Å²) in [5.41, 5.74) is 2.88. The van der Waals surface area contributed by atoms with Gasteiger partial charge >= 0.3 is 0 Å². The van der Waals surface area contributed by atoms with Crippen molar-refractivity contribution in [1.82, 2.24) is 10.1 Å². The van der Waals surface area contributed by atoms with Crippen molar-refractivity contribution >= 4 is 15.7 Å². The van der Waals surface area contributed by atoms with Crippen molar-refractivity contribution < 1.29 is 27.2 Å². The SMILES string of the molecule is Cc1ccc(CN(C(=O)c2cc(-c3ccc4c(c3)OCCO4)on2)C2CCS(=O)(=O)C2)cc1. The van der Waals surface area contributed by atoms with Crippen LogP contribution in [-0.4, -0.2) is 55.1 Å². The van der Waals surface area contributed by atoms with E-state index in [-0.39, 0.29) is 23.1 Å². The van der Waals surface area contributed by atoms with Gasteiger partial charge in [-0.25, -0.2) is 8.42 Å². The van der Waals surface area contributed by atoms with Crippen LogP contribution in [0, 0.1) is 6.92 Å². The van der Waals surface area contributed by atoms with E-state index in [1.807, 2.05) is 37.3 Å². The number of aromatic nitrogens is 1. The van der Waals surface area contributed by atoms with Gasteiger partial charge in [0.05, 0.1) is 11.5 Å². The molecule has 9 heteroatoms. The highest BCUT2D eigenvalue weighted by molar-refractivity contribution is 7.91. The first kappa shape index (κ1) is 21.5. The lowest BCUT2D eigenvalue weighted by molar-refractivity contribution is 0.0670. The van der Waals surface area contributed by atoms with Gasteiger partial charge in [-0.05, 0) is 37.1 Å². The summed E-state index contributed by atoms with van der Waals surface area (Å²) in [5, 5.41) is 4.00. The lowest BCUT2D eigenvalue weighted by atomic mass is 10.1. The van der Waals surface area contributed by atoms with Crippen molar-refractivity contribution in [1.29, 1.82) is 0 Å². The smallest absolute Gasteiger partial charge is 0.276 e. The summed E-state index contributed by atoms with van der Waals surface area (Å²) >= 11 is 0. The summed E-state index contributed by atoms with van der Waals surface area (Å²) in [7, 11) is -3.17. The number of hydrogen-bond acceptors (Lipinski definition) is 7. The maximum Gasteiger partial charge on any atom is 0.276 e. The van der Waals surface area contributed by atoms with Crippen LogP contribution in [0.15, 0.2) is 53.1 Å². The second-order valence-electron chi connectivity index (χ2n) is 8.41. The normalized spacial score (nSPS) is 18.8. The monoisotopic (exact) mass is 468 g/mol. The summed E-state index contributed by atoms with van der Waals surface area (Å²) in [6, 6.07) is 14.4. The van der Waals surface area contributed by atoms with Crippen molar-refractivity contribution in [2.75, 3.05) is 24.7 Å². The van der Waals surface area contributed by atoms with E-state index in [1.54, 1.807) is 23.1 Å². The van der Waals surface area contributed by atoms with Gasteiger partial charge in [-0.15, -0.1) is 0 Å². The number of amides is 1. The molecule has 5 rings (SSSR count). The predicted molar refractivity (Wildman–Crippen MR) is 121 cm³/mol. The number of hydrogen-bond donors (Lipinski definition) is 0. The lowest BCUT2D eigenvalue weighted by Crippen LogP contribution is -2.40. The fraction of sp³-hybridized carbons (Fsp3) is 0.333. The van der Waals surface area contributed by atoms with Gasteiger partial charge in [-0.2, -0.15) is 0 Å². The summed E-state index contributed by atoms with van der Waals surface area (Å²) in [6.45, 7) is 3.26. The van der Waals surface area contributed by atoms with Gasteiger partial charge in [-0.1, -0.05) is 35.0 Å². The van der Waals surface area contributed by atoms with E-state index in [9.17, 15) is 13.2 Å². The average Bonchev–Trinajstić information content (AvgIpc) is 3.44. The Balaban J connectivity index is 1.42. The molecule has 1 amide bonds. The molecule has 172 valence electrons. The molecule has 0 spiro atoms. The van der Waals surface area contributed by atoms with Crippen molar-refractivity contribution in [2.24, 2.45) is 0 Å². The molecule has 0 aliphatic carbocycles. The molecule has 3 aromatic rings. The first-order valence-electron chi connectivity index (χ1n) is 10.8. The zero-order valence-electron chi connectivity index (χ0n) is 18.2. The third-order valence-corrected chi connectivity index (χ3v) is 7.69. The van der Waals surface area contributed by atoms with Crippen LogP contribution in [0.4, 0.5) is 0 Å². The van der Waals surface area contributed by atoms with E-state index in [1.165, 1.54) is 0 Å². The summed E-state index contributed by atoms with van der Waals surface area (Å²) in [4.78, 5) is 15.1. The van der Waals surface area contributed by atoms with Crippen LogP contribution in [-0.2, 0) is 16.4 Å². The Morgan fingerprint density at radius 3 is 2.55 bits per heavy atom. The number of rotatable bonds is 5. The number of nitrogens with zero attached hydrogens (tertiary/aromatic N) is 2. The van der Waals surface area contributed by atoms with Gasteiger partial charge in [0.2, 0.25) is 0 Å². The fourth-order valence-electron chi connectivity index (χ4n) is 4.13. The summed E-state index contributed by atoms with van der Waals surface area (Å²) in [6.07, 6.45) is 0.410. The molecule has 8 nitrogen and oxygen atoms in total. The quantitative estimate of drug-likeness (QED) is 0.567. The van der Waals surface area contributed by atoms with Crippen molar-refractivity contribution in [3.05, 3.63) is 65.4 Å². The molecule has 1 fully saturated rings. The number of carbonyl (C=O) groups excluding carboxylic acids is 1. The zero-order chi connectivity index (χ0) is 23.0. The molecule has 1 saturated heterocycles. The van der Waals surface area contributed by atoms with Crippen LogP contribution in [0.3, 0.4) is 0 Å². The average molecular weight is 469 g/mol. The van der Waals surface area contributed by atoms with Crippen LogP contribution in [0.1, 0.15) is 28.0 Å². The Hall–Kier alpha value is -3.33. The number of benzene rings is 2. The molecule has 2 aliphatic rings. The van der Waals surface area contributed by atoms with Gasteiger partial charge in [0.15, 0.2) is 32.8 Å². The van der Waals surface area contributed by atoms with E-state index in [0.29, 0.717) is 49.0 Å². The number of aryl methyl sites for hydroxylation is 1. The molecule has 0 bridgehead atoms. The Bertz CT molecular complexity index is 1280. The van der Waals surface area contributed by atoms with Crippen molar-refractivity contribution in [2.45, 2.75) is 25.9 Å². The third kappa shape index (κ3) is 4.59. The molecule has 2 aliphatic heterocycles. The van der Waals surface area contributed by atoms with E-state index >= 15 is 0 Å². The van der Waals surface area contributed by atoms with Gasteiger partial charge in [0, 0.05) is 24.2 Å². The highest BCUT2D eigenvalue weighted by atomic mass is 32.2. The van der Waals surface area contributed by atoms with Crippen LogP contribution in [0.5, 0.6) is 11.5 Å². The minimum Gasteiger partial charge on any atom is -0.486 e. The summed E-state index contributed by atoms with van der Waals surface area (Å²) < 4.78 is 40.9. The van der Waals surface area contributed by atoms with Crippen LogP contribution in [0.25, 0.3) is 11.3 Å². The molecule has 1 aromatic heterocycles. The minimum atomic E-state index is -3.17. The topological polar surface area (TPSA) is 98.9 Å². The second kappa shape index (κ2) is 8.55. The van der Waals surface area contributed by atoms with Crippen LogP contribution in [0.2, 0.25) is 0 Å². The molecule has 1 unspecified atom stereocenters. The molecule has 33 heavy (non-hydrogen) atoms. The Kier molecular flexibility index (Phi) is 5.57. The fourth-order valence-corrected chi connectivity index (χ4v) is 5.86. The van der Waals surface area contributed by atoms with E-state index < -0.39 is 15.9 Å². The largest absolute Gasteiger partial charge is 0.486 e. The highest BCUT2D eigenvalue weighted by Gasteiger charge is 2.36. The highest BCUT2D eigenvalue weighted by Crippen LogP contribution is 2.35. The molecular formula is C24H24N2O6S. The lowest BCUT2D eigenvalue weighted by Gasteiger charge is -2.27. The van der Waals surface area contributed by atoms with Crippen molar-refractivity contribution in [3.8, 4) is 22.8 Å². The standard InChI is InChI=1S/C24H24N2O6S/c1-16-2-4-17(5-3-16)14-26(19-8-11-33(28,29)15-19)24(27)20-13-22(32-25-20)18-6-7-21-23(12-18)31-10-9-30-21/h2-7,12-13,19H,8-11,14-15H2,1H3. The molecule has 0 N–H and O–H groups in total. The molecule has 0 radical (unpaired) electrons. The van der Waals surface area contributed by atoms with Gasteiger partial charge in [0.25, 0.3) is 5.91 Å². The van der Waals surface area contributed by atoms with Crippen molar-refractivity contribution in [3.63, 3.8) is 0 Å².